The van der Waals surface area contributed by atoms with Gasteiger partial charge in [0.15, 0.2) is 0 Å². The van der Waals surface area contributed by atoms with Crippen LogP contribution in [0.5, 0.6) is 11.5 Å². The van der Waals surface area contributed by atoms with Gasteiger partial charge in [-0.15, -0.1) is 0 Å². The Hall–Kier alpha value is -2.78. The zero-order chi connectivity index (χ0) is 22.9. The fraction of sp³-hybridized carbons (Fsp3) is 0.333. The first-order valence-corrected chi connectivity index (χ1v) is 11.8. The van der Waals surface area contributed by atoms with Crippen molar-refractivity contribution >= 4 is 39.4 Å². The van der Waals surface area contributed by atoms with Gasteiger partial charge in [0, 0.05) is 0 Å². The van der Waals surface area contributed by atoms with Crippen molar-refractivity contribution in [2.75, 3.05) is 30.8 Å². The zero-order valence-corrected chi connectivity index (χ0v) is 19.2. The lowest BCUT2D eigenvalue weighted by atomic mass is 10.2. The average Bonchev–Trinajstić information content (AvgIpc) is 2.72. The van der Waals surface area contributed by atoms with Crippen molar-refractivity contribution in [3.8, 4) is 11.5 Å². The number of hydrazone groups is 1. The number of rotatable bonds is 11. The number of nitrogens with zero attached hydrogens (tertiary/aromatic N) is 2. The average molecular weight is 468 g/mol. The van der Waals surface area contributed by atoms with Gasteiger partial charge in [-0.3, -0.25) is 9.10 Å². The molecular weight excluding hydrogens is 442 g/mol. The van der Waals surface area contributed by atoms with Crippen molar-refractivity contribution in [1.82, 2.24) is 5.43 Å². The van der Waals surface area contributed by atoms with Crippen LogP contribution in [0.25, 0.3) is 0 Å². The monoisotopic (exact) mass is 467 g/mol. The first-order chi connectivity index (χ1) is 14.7. The van der Waals surface area contributed by atoms with Gasteiger partial charge in [0.25, 0.3) is 5.91 Å². The van der Waals surface area contributed by atoms with E-state index in [2.05, 4.69) is 17.5 Å². The van der Waals surface area contributed by atoms with E-state index in [-0.39, 0.29) is 10.7 Å². The summed E-state index contributed by atoms with van der Waals surface area (Å²) in [5, 5.41) is 4.12. The molecule has 0 fully saturated rings. The van der Waals surface area contributed by atoms with Crippen LogP contribution in [0.2, 0.25) is 5.02 Å². The lowest BCUT2D eigenvalue weighted by molar-refractivity contribution is -0.119. The number of unbranched alkanes of at least 4 members (excludes halogenated alkanes) is 1. The molecule has 0 heterocycles. The van der Waals surface area contributed by atoms with Crippen molar-refractivity contribution in [1.29, 1.82) is 0 Å². The largest absolute Gasteiger partial charge is 0.495 e. The number of sulfonamides is 1. The molecule has 0 aliphatic heterocycles. The number of anilines is 1. The smallest absolute Gasteiger partial charge is 0.260 e. The van der Waals surface area contributed by atoms with Gasteiger partial charge in [-0.1, -0.05) is 24.9 Å². The molecule has 0 spiro atoms. The first-order valence-electron chi connectivity index (χ1n) is 9.60. The van der Waals surface area contributed by atoms with Crippen LogP contribution in [0.3, 0.4) is 0 Å². The minimum atomic E-state index is -3.73. The van der Waals surface area contributed by atoms with Crippen LogP contribution < -0.4 is 19.2 Å². The highest BCUT2D eigenvalue weighted by molar-refractivity contribution is 7.92. The molecule has 0 unspecified atom stereocenters. The molecule has 0 atom stereocenters. The second-order valence-corrected chi connectivity index (χ2v) is 8.97. The number of nitrogens with one attached hydrogen (secondary N) is 1. The summed E-state index contributed by atoms with van der Waals surface area (Å²) in [7, 11) is -2.28. The Labute approximate surface area is 187 Å². The highest BCUT2D eigenvalue weighted by Gasteiger charge is 2.21. The Balaban J connectivity index is 1.99. The molecule has 0 aliphatic carbocycles. The van der Waals surface area contributed by atoms with Crippen LogP contribution in [0.1, 0.15) is 25.3 Å². The molecule has 31 heavy (non-hydrogen) atoms. The number of amides is 1. The molecule has 0 saturated carbocycles. The minimum Gasteiger partial charge on any atom is -0.495 e. The highest BCUT2D eigenvalue weighted by Crippen LogP contribution is 2.30. The van der Waals surface area contributed by atoms with Gasteiger partial charge in [-0.25, -0.2) is 13.8 Å². The summed E-state index contributed by atoms with van der Waals surface area (Å²) in [4.78, 5) is 12.3. The van der Waals surface area contributed by atoms with E-state index in [0.29, 0.717) is 12.4 Å². The lowest BCUT2D eigenvalue weighted by Gasteiger charge is -2.21. The molecule has 2 aromatic rings. The Morgan fingerprint density at radius 1 is 1.23 bits per heavy atom. The van der Waals surface area contributed by atoms with Crippen LogP contribution >= 0.6 is 11.6 Å². The molecule has 10 heteroatoms. The van der Waals surface area contributed by atoms with E-state index in [0.717, 1.165) is 34.7 Å². The second-order valence-electron chi connectivity index (χ2n) is 6.65. The maximum atomic E-state index is 12.3. The van der Waals surface area contributed by atoms with Gasteiger partial charge in [-0.2, -0.15) is 5.10 Å². The molecule has 0 saturated heterocycles. The van der Waals surface area contributed by atoms with Crippen molar-refractivity contribution in [3.63, 3.8) is 0 Å². The van der Waals surface area contributed by atoms with E-state index in [4.69, 9.17) is 21.1 Å². The number of carbonyl (C=O) groups excluding carboxylic acids is 1. The van der Waals surface area contributed by atoms with Gasteiger partial charge < -0.3 is 9.47 Å². The Bertz CT molecular complexity index is 1010. The van der Waals surface area contributed by atoms with E-state index in [9.17, 15) is 13.2 Å². The van der Waals surface area contributed by atoms with E-state index in [1.165, 1.54) is 31.5 Å². The number of hydrogen-bond acceptors (Lipinski definition) is 6. The molecule has 1 N–H and O–H groups in total. The Morgan fingerprint density at radius 2 is 1.94 bits per heavy atom. The summed E-state index contributed by atoms with van der Waals surface area (Å²) in [5.74, 6) is 0.555. The molecule has 0 aromatic heterocycles. The third kappa shape index (κ3) is 7.76. The maximum absolute atomic E-state index is 12.3. The Kier molecular flexibility index (Phi) is 9.14. The molecule has 0 bridgehead atoms. The number of methoxy groups -OCH3 is 1. The van der Waals surface area contributed by atoms with Gasteiger partial charge in [0.05, 0.1) is 36.9 Å². The molecule has 2 aromatic carbocycles. The van der Waals surface area contributed by atoms with Gasteiger partial charge in [0.1, 0.15) is 18.0 Å². The molecule has 0 radical (unpaired) electrons. The summed E-state index contributed by atoms with van der Waals surface area (Å²) in [5.41, 5.74) is 3.33. The number of benzene rings is 2. The summed E-state index contributed by atoms with van der Waals surface area (Å²) < 4.78 is 35.9. The number of carbonyl (C=O) groups is 1. The van der Waals surface area contributed by atoms with Crippen LogP contribution in [-0.4, -0.2) is 47.1 Å². The quantitative estimate of drug-likeness (QED) is 0.310. The molecule has 1 amide bonds. The third-order valence-electron chi connectivity index (χ3n) is 4.16. The number of hydrogen-bond donors (Lipinski definition) is 1. The predicted molar refractivity (Wildman–Crippen MR) is 123 cm³/mol. The fourth-order valence-corrected chi connectivity index (χ4v) is 3.64. The third-order valence-corrected chi connectivity index (χ3v) is 5.60. The van der Waals surface area contributed by atoms with E-state index >= 15 is 0 Å². The summed E-state index contributed by atoms with van der Waals surface area (Å²) >= 11 is 6.08. The lowest BCUT2D eigenvalue weighted by Crippen LogP contribution is -2.39. The maximum Gasteiger partial charge on any atom is 0.260 e. The highest BCUT2D eigenvalue weighted by atomic mass is 35.5. The first kappa shape index (κ1) is 24.5. The van der Waals surface area contributed by atoms with Crippen molar-refractivity contribution < 1.29 is 22.7 Å². The van der Waals surface area contributed by atoms with Crippen LogP contribution in [0, 0.1) is 0 Å². The summed E-state index contributed by atoms with van der Waals surface area (Å²) in [6.45, 7) is 2.30. The summed E-state index contributed by atoms with van der Waals surface area (Å²) in [6.07, 6.45) is 4.52. The normalized spacial score (nSPS) is 11.4. The van der Waals surface area contributed by atoms with Crippen LogP contribution in [-0.2, 0) is 14.8 Å². The molecule has 8 nitrogen and oxygen atoms in total. The van der Waals surface area contributed by atoms with E-state index < -0.39 is 22.5 Å². The second kappa shape index (κ2) is 11.6. The van der Waals surface area contributed by atoms with Gasteiger partial charge in [0.2, 0.25) is 10.0 Å². The fourth-order valence-electron chi connectivity index (χ4n) is 2.54. The van der Waals surface area contributed by atoms with E-state index in [1.807, 2.05) is 12.1 Å². The number of halogens is 1. The molecule has 2 rings (SSSR count). The molecule has 0 aliphatic rings. The molecule has 168 valence electrons. The Morgan fingerprint density at radius 3 is 2.52 bits per heavy atom. The molecular formula is C21H26ClN3O5S. The number of ether oxygens (including phenoxy) is 2. The summed E-state index contributed by atoms with van der Waals surface area (Å²) in [6, 6.07) is 11.7. The minimum absolute atomic E-state index is 0.231. The topological polar surface area (TPSA) is 97.3 Å². The SMILES string of the molecule is CCCCOc1ccc(/C=N\NC(=O)CN(c2ccc(OC)c(Cl)c2)S(C)(=O)=O)cc1. The van der Waals surface area contributed by atoms with Crippen LogP contribution in [0.15, 0.2) is 47.6 Å². The standard InChI is InChI=1S/C21H26ClN3O5S/c1-4-5-12-30-18-9-6-16(7-10-18)14-23-24-21(26)15-25(31(3,27)28)17-8-11-20(29-2)19(22)13-17/h6-11,13-14H,4-5,12,15H2,1-3H3,(H,24,26)/b23-14-. The van der Waals surface area contributed by atoms with Crippen LogP contribution in [0.4, 0.5) is 5.69 Å². The van der Waals surface area contributed by atoms with Crippen molar-refractivity contribution in [2.24, 2.45) is 5.10 Å². The van der Waals surface area contributed by atoms with Crippen molar-refractivity contribution in [3.05, 3.63) is 53.1 Å². The predicted octanol–water partition coefficient (Wildman–Crippen LogP) is 3.44. The van der Waals surface area contributed by atoms with Crippen molar-refractivity contribution in [2.45, 2.75) is 19.8 Å². The van der Waals surface area contributed by atoms with E-state index in [1.54, 1.807) is 12.1 Å². The van der Waals surface area contributed by atoms with Gasteiger partial charge in [-0.05, 0) is 54.4 Å². The van der Waals surface area contributed by atoms with Gasteiger partial charge >= 0.3 is 0 Å². The zero-order valence-electron chi connectivity index (χ0n) is 17.7.